The van der Waals surface area contributed by atoms with Gasteiger partial charge in [0.1, 0.15) is 0 Å². The number of rotatable bonds is 3. The molecule has 44 heavy (non-hydrogen) atoms. The first kappa shape index (κ1) is 26.4. The standard InChI is InChI=1S/C43H33N/c1-27(2)29-16-18-34-31(24-29)20-21-44-43(34)33-23-28(3)22-32(25-33)30-17-19-41-39-14-7-6-12-37(39)35-10-4-5-11-36(35)38-13-8-9-15-40(38)42(41)26-30/h4-27H,1-3H3. The maximum absolute atomic E-state index is 4.90. The second-order valence-electron chi connectivity index (χ2n) is 12.3. The van der Waals surface area contributed by atoms with Crippen LogP contribution in [0.15, 0.2) is 140 Å². The molecule has 0 bridgehead atoms. The molecule has 0 amide bonds. The molecule has 1 aliphatic carbocycles. The highest BCUT2D eigenvalue weighted by Gasteiger charge is 2.22. The van der Waals surface area contributed by atoms with E-state index in [-0.39, 0.29) is 0 Å². The number of nitrogens with zero attached hydrogens (tertiary/aromatic N) is 1. The van der Waals surface area contributed by atoms with Crippen molar-refractivity contribution in [3.63, 3.8) is 0 Å². The average molecular weight is 564 g/mol. The lowest BCUT2D eigenvalue weighted by atomic mass is 9.80. The molecule has 0 radical (unpaired) electrons. The van der Waals surface area contributed by atoms with Gasteiger partial charge in [0.2, 0.25) is 0 Å². The number of hydrogen-bond donors (Lipinski definition) is 0. The Balaban J connectivity index is 1.33. The van der Waals surface area contributed by atoms with Crippen molar-refractivity contribution in [3.8, 4) is 66.9 Å². The zero-order chi connectivity index (χ0) is 29.8. The molecule has 1 heteroatoms. The summed E-state index contributed by atoms with van der Waals surface area (Å²) in [6.45, 7) is 6.67. The molecule has 8 rings (SSSR count). The molecule has 6 aromatic carbocycles. The van der Waals surface area contributed by atoms with Crippen LogP contribution in [0.4, 0.5) is 0 Å². The summed E-state index contributed by atoms with van der Waals surface area (Å²) in [6, 6.07) is 49.3. The number of aryl methyl sites for hydroxylation is 1. The van der Waals surface area contributed by atoms with Gasteiger partial charge in [0.15, 0.2) is 0 Å². The molecule has 0 spiro atoms. The van der Waals surface area contributed by atoms with Crippen LogP contribution in [0, 0.1) is 6.92 Å². The van der Waals surface area contributed by atoms with E-state index in [1.807, 2.05) is 6.20 Å². The molecule has 0 N–H and O–H groups in total. The molecule has 210 valence electrons. The van der Waals surface area contributed by atoms with Gasteiger partial charge in [-0.3, -0.25) is 4.98 Å². The van der Waals surface area contributed by atoms with E-state index in [9.17, 15) is 0 Å². The van der Waals surface area contributed by atoms with E-state index < -0.39 is 0 Å². The van der Waals surface area contributed by atoms with Crippen molar-refractivity contribution >= 4 is 10.8 Å². The van der Waals surface area contributed by atoms with Gasteiger partial charge in [-0.2, -0.15) is 0 Å². The van der Waals surface area contributed by atoms with Crippen molar-refractivity contribution < 1.29 is 0 Å². The predicted octanol–water partition coefficient (Wildman–Crippen LogP) is 12.0. The van der Waals surface area contributed by atoms with Gasteiger partial charge in [-0.25, -0.2) is 0 Å². The Morgan fingerprint density at radius 3 is 1.59 bits per heavy atom. The second kappa shape index (κ2) is 10.5. The van der Waals surface area contributed by atoms with Gasteiger partial charge in [-0.15, -0.1) is 0 Å². The van der Waals surface area contributed by atoms with Gasteiger partial charge >= 0.3 is 0 Å². The van der Waals surface area contributed by atoms with Crippen LogP contribution >= 0.6 is 0 Å². The van der Waals surface area contributed by atoms with Gasteiger partial charge in [0, 0.05) is 17.1 Å². The fraction of sp³-hybridized carbons (Fsp3) is 0.0930. The third-order valence-electron chi connectivity index (χ3n) is 9.10. The van der Waals surface area contributed by atoms with Gasteiger partial charge < -0.3 is 0 Å². The molecule has 1 nitrogen and oxygen atoms in total. The summed E-state index contributed by atoms with van der Waals surface area (Å²) in [6.07, 6.45) is 1.95. The lowest BCUT2D eigenvalue weighted by Crippen LogP contribution is -1.97. The molecular formula is C43H33N. The van der Waals surface area contributed by atoms with E-state index in [1.165, 1.54) is 77.5 Å². The number of fused-ring (bicyclic) bond motifs is 9. The van der Waals surface area contributed by atoms with Crippen LogP contribution in [-0.2, 0) is 0 Å². The minimum Gasteiger partial charge on any atom is -0.256 e. The molecule has 0 atom stereocenters. The summed E-state index contributed by atoms with van der Waals surface area (Å²) < 4.78 is 0. The molecular weight excluding hydrogens is 530 g/mol. The van der Waals surface area contributed by atoms with Crippen molar-refractivity contribution in [2.24, 2.45) is 0 Å². The van der Waals surface area contributed by atoms with Crippen molar-refractivity contribution in [3.05, 3.63) is 151 Å². The van der Waals surface area contributed by atoms with Crippen molar-refractivity contribution in [1.29, 1.82) is 0 Å². The van der Waals surface area contributed by atoms with E-state index in [2.05, 4.69) is 154 Å². The largest absolute Gasteiger partial charge is 0.256 e. The predicted molar refractivity (Wildman–Crippen MR) is 187 cm³/mol. The monoisotopic (exact) mass is 563 g/mol. The molecule has 1 heterocycles. The topological polar surface area (TPSA) is 12.9 Å². The summed E-state index contributed by atoms with van der Waals surface area (Å²) in [5.41, 5.74) is 17.3. The van der Waals surface area contributed by atoms with Crippen molar-refractivity contribution in [2.75, 3.05) is 0 Å². The smallest absolute Gasteiger partial charge is 0.0780 e. The zero-order valence-corrected chi connectivity index (χ0v) is 25.3. The molecule has 1 aliphatic rings. The summed E-state index contributed by atoms with van der Waals surface area (Å²) >= 11 is 0. The van der Waals surface area contributed by atoms with Crippen LogP contribution in [-0.4, -0.2) is 4.98 Å². The van der Waals surface area contributed by atoms with Crippen LogP contribution in [0.1, 0.15) is 30.9 Å². The fourth-order valence-electron chi connectivity index (χ4n) is 6.91. The third kappa shape index (κ3) is 4.36. The summed E-state index contributed by atoms with van der Waals surface area (Å²) in [5, 5.41) is 2.43. The normalized spacial score (nSPS) is 11.7. The van der Waals surface area contributed by atoms with E-state index in [4.69, 9.17) is 4.98 Å². The van der Waals surface area contributed by atoms with Crippen LogP contribution in [0.3, 0.4) is 0 Å². The van der Waals surface area contributed by atoms with Gasteiger partial charge in [-0.1, -0.05) is 123 Å². The van der Waals surface area contributed by atoms with E-state index in [0.717, 1.165) is 11.3 Å². The lowest BCUT2D eigenvalue weighted by Gasteiger charge is -2.23. The maximum Gasteiger partial charge on any atom is 0.0780 e. The maximum atomic E-state index is 4.90. The summed E-state index contributed by atoms with van der Waals surface area (Å²) in [4.78, 5) is 4.90. The Labute approximate surface area is 259 Å². The number of benzene rings is 6. The van der Waals surface area contributed by atoms with Crippen LogP contribution in [0.2, 0.25) is 0 Å². The third-order valence-corrected chi connectivity index (χ3v) is 9.10. The molecule has 0 saturated carbocycles. The van der Waals surface area contributed by atoms with E-state index in [1.54, 1.807) is 0 Å². The minimum absolute atomic E-state index is 0.490. The molecule has 1 aromatic heterocycles. The second-order valence-corrected chi connectivity index (χ2v) is 12.3. The van der Waals surface area contributed by atoms with Crippen molar-refractivity contribution in [2.45, 2.75) is 26.7 Å². The highest BCUT2D eigenvalue weighted by atomic mass is 14.7. The minimum atomic E-state index is 0.490. The number of aromatic nitrogens is 1. The molecule has 0 unspecified atom stereocenters. The Bertz CT molecular complexity index is 2210. The Morgan fingerprint density at radius 1 is 0.455 bits per heavy atom. The SMILES string of the molecule is Cc1cc(-c2ccc3c(c2)-c2ccccc2-c2ccccc2-c2ccccc2-3)cc(-c2nccc3cc(C(C)C)ccc23)c1. The Kier molecular flexibility index (Phi) is 6.27. The van der Waals surface area contributed by atoms with Crippen LogP contribution < -0.4 is 0 Å². The summed E-state index contributed by atoms with van der Waals surface area (Å²) in [5.74, 6) is 0.490. The molecule has 0 fully saturated rings. The summed E-state index contributed by atoms with van der Waals surface area (Å²) in [7, 11) is 0. The van der Waals surface area contributed by atoms with Gasteiger partial charge in [-0.05, 0) is 109 Å². The van der Waals surface area contributed by atoms with Crippen LogP contribution in [0.25, 0.3) is 77.7 Å². The van der Waals surface area contributed by atoms with Gasteiger partial charge in [0.05, 0.1) is 5.69 Å². The highest BCUT2D eigenvalue weighted by molar-refractivity contribution is 6.04. The number of pyridine rings is 1. The molecule has 0 saturated heterocycles. The first-order valence-corrected chi connectivity index (χ1v) is 15.5. The lowest BCUT2D eigenvalue weighted by molar-refractivity contribution is 0.869. The average Bonchev–Trinajstić information content (AvgIpc) is 3.06. The van der Waals surface area contributed by atoms with Crippen molar-refractivity contribution in [1.82, 2.24) is 4.98 Å². The highest BCUT2D eigenvalue weighted by Crippen LogP contribution is 2.48. The van der Waals surface area contributed by atoms with Crippen LogP contribution in [0.5, 0.6) is 0 Å². The fourth-order valence-corrected chi connectivity index (χ4v) is 6.91. The van der Waals surface area contributed by atoms with Gasteiger partial charge in [0.25, 0.3) is 0 Å². The Hall–Kier alpha value is -5.27. The number of hydrogen-bond acceptors (Lipinski definition) is 1. The molecule has 7 aromatic rings. The Morgan fingerprint density at radius 2 is 1.00 bits per heavy atom. The zero-order valence-electron chi connectivity index (χ0n) is 25.3. The first-order chi connectivity index (χ1) is 21.5. The first-order valence-electron chi connectivity index (χ1n) is 15.5. The molecule has 0 aliphatic heterocycles. The van der Waals surface area contributed by atoms with E-state index >= 15 is 0 Å². The van der Waals surface area contributed by atoms with E-state index in [0.29, 0.717) is 5.92 Å². The quantitative estimate of drug-likeness (QED) is 0.208.